The first kappa shape index (κ1) is 26.2. The summed E-state index contributed by atoms with van der Waals surface area (Å²) in [6.45, 7) is 2.36. The van der Waals surface area contributed by atoms with Crippen LogP contribution in [0.25, 0.3) is 6.08 Å². The number of nitriles is 1. The van der Waals surface area contributed by atoms with Gasteiger partial charge in [-0.25, -0.2) is 0 Å². The molecule has 3 aromatic rings. The van der Waals surface area contributed by atoms with Crippen molar-refractivity contribution < 1.29 is 19.0 Å². The minimum Gasteiger partial charge on any atom is -0.497 e. The average molecular weight is 532 g/mol. The van der Waals surface area contributed by atoms with Crippen LogP contribution >= 0.6 is 34.8 Å². The molecule has 0 spiro atoms. The van der Waals surface area contributed by atoms with Crippen molar-refractivity contribution >= 4 is 52.5 Å². The largest absolute Gasteiger partial charge is 0.497 e. The number of halogens is 3. The number of ether oxygens (including phenoxy) is 3. The molecule has 180 valence electrons. The summed E-state index contributed by atoms with van der Waals surface area (Å²) in [5, 5.41) is 13.4. The molecule has 1 amide bonds. The van der Waals surface area contributed by atoms with Crippen molar-refractivity contribution in [2.45, 2.75) is 13.5 Å². The second kappa shape index (κ2) is 12.4. The van der Waals surface area contributed by atoms with Gasteiger partial charge in [0, 0.05) is 5.69 Å². The molecule has 0 aromatic heterocycles. The predicted molar refractivity (Wildman–Crippen MR) is 139 cm³/mol. The molecule has 0 heterocycles. The molecule has 0 unspecified atom stereocenters. The summed E-state index contributed by atoms with van der Waals surface area (Å²) in [7, 11) is 1.55. The predicted octanol–water partition coefficient (Wildman–Crippen LogP) is 7.18. The van der Waals surface area contributed by atoms with E-state index in [1.54, 1.807) is 61.7 Å². The molecule has 0 saturated carbocycles. The van der Waals surface area contributed by atoms with Crippen molar-refractivity contribution in [1.82, 2.24) is 0 Å². The zero-order valence-electron chi connectivity index (χ0n) is 18.9. The van der Waals surface area contributed by atoms with Gasteiger partial charge in [0.05, 0.1) is 28.8 Å². The standard InChI is InChI=1S/C26H21Cl3N2O4/c1-3-34-24-13-17(10-18(14-30)26(32)31-19-5-7-20(33-2)8-6-19)12-23(29)25(24)35-15-16-4-9-21(27)22(28)11-16/h4-13H,3,15H2,1-2H3,(H,31,32)/b18-10+. The Balaban J connectivity index is 1.82. The Bertz CT molecular complexity index is 1280. The van der Waals surface area contributed by atoms with Gasteiger partial charge in [-0.1, -0.05) is 40.9 Å². The maximum absolute atomic E-state index is 12.6. The van der Waals surface area contributed by atoms with E-state index in [-0.39, 0.29) is 17.2 Å². The van der Waals surface area contributed by atoms with Crippen molar-refractivity contribution in [2.24, 2.45) is 0 Å². The molecule has 0 bridgehead atoms. The van der Waals surface area contributed by atoms with Crippen LogP contribution in [0.2, 0.25) is 15.1 Å². The van der Waals surface area contributed by atoms with Gasteiger partial charge >= 0.3 is 0 Å². The number of anilines is 1. The average Bonchev–Trinajstić information content (AvgIpc) is 2.84. The third kappa shape index (κ3) is 7.06. The molecular formula is C26H21Cl3N2O4. The van der Waals surface area contributed by atoms with Gasteiger partial charge in [0.2, 0.25) is 0 Å². The third-order valence-corrected chi connectivity index (χ3v) is 5.74. The van der Waals surface area contributed by atoms with Gasteiger partial charge in [0.1, 0.15) is 24.0 Å². The van der Waals surface area contributed by atoms with E-state index in [1.807, 2.05) is 13.0 Å². The molecule has 0 fully saturated rings. The van der Waals surface area contributed by atoms with Crippen molar-refractivity contribution in [3.8, 4) is 23.3 Å². The number of hydrogen-bond donors (Lipinski definition) is 1. The third-order valence-electron chi connectivity index (χ3n) is 4.72. The van der Waals surface area contributed by atoms with Crippen molar-refractivity contribution in [3.63, 3.8) is 0 Å². The van der Waals surface area contributed by atoms with E-state index in [9.17, 15) is 10.1 Å². The van der Waals surface area contributed by atoms with Gasteiger partial charge in [-0.05, 0) is 72.7 Å². The Hall–Kier alpha value is -3.37. The second-order valence-corrected chi connectivity index (χ2v) is 8.37. The van der Waals surface area contributed by atoms with Gasteiger partial charge in [-0.2, -0.15) is 5.26 Å². The SMILES string of the molecule is CCOc1cc(/C=C(\C#N)C(=O)Nc2ccc(OC)cc2)cc(Cl)c1OCc1ccc(Cl)c(Cl)c1. The Morgan fingerprint density at radius 3 is 2.37 bits per heavy atom. The maximum atomic E-state index is 12.6. The molecule has 0 radical (unpaired) electrons. The van der Waals surface area contributed by atoms with E-state index in [4.69, 9.17) is 49.0 Å². The highest BCUT2D eigenvalue weighted by Gasteiger charge is 2.15. The summed E-state index contributed by atoms with van der Waals surface area (Å²) in [6.07, 6.45) is 1.43. The molecule has 0 atom stereocenters. The molecule has 0 saturated heterocycles. The first-order chi connectivity index (χ1) is 16.8. The minimum atomic E-state index is -0.563. The fraction of sp³-hybridized carbons (Fsp3) is 0.154. The number of nitrogens with one attached hydrogen (secondary N) is 1. The monoisotopic (exact) mass is 530 g/mol. The summed E-state index contributed by atoms with van der Waals surface area (Å²) < 4.78 is 16.7. The van der Waals surface area contributed by atoms with Crippen LogP contribution in [0.5, 0.6) is 17.2 Å². The highest BCUT2D eigenvalue weighted by Crippen LogP contribution is 2.38. The Morgan fingerprint density at radius 1 is 1.00 bits per heavy atom. The van der Waals surface area contributed by atoms with Crippen LogP contribution in [0.1, 0.15) is 18.1 Å². The lowest BCUT2D eigenvalue weighted by atomic mass is 10.1. The highest BCUT2D eigenvalue weighted by molar-refractivity contribution is 6.42. The van der Waals surface area contributed by atoms with E-state index >= 15 is 0 Å². The number of methoxy groups -OCH3 is 1. The lowest BCUT2D eigenvalue weighted by Crippen LogP contribution is -2.13. The minimum absolute atomic E-state index is 0.108. The normalized spacial score (nSPS) is 10.9. The van der Waals surface area contributed by atoms with Crippen LogP contribution < -0.4 is 19.5 Å². The number of benzene rings is 3. The zero-order valence-corrected chi connectivity index (χ0v) is 21.2. The van der Waals surface area contributed by atoms with Gasteiger partial charge in [-0.3, -0.25) is 4.79 Å². The number of rotatable bonds is 9. The van der Waals surface area contributed by atoms with Crippen molar-refractivity contribution in [2.75, 3.05) is 19.0 Å². The fourth-order valence-corrected chi connectivity index (χ4v) is 3.64. The van der Waals surface area contributed by atoms with E-state index < -0.39 is 5.91 Å². The van der Waals surface area contributed by atoms with Crippen molar-refractivity contribution in [3.05, 3.63) is 86.4 Å². The van der Waals surface area contributed by atoms with Crippen LogP contribution in [0.3, 0.4) is 0 Å². The molecule has 6 nitrogen and oxygen atoms in total. The van der Waals surface area contributed by atoms with E-state index in [0.717, 1.165) is 5.56 Å². The number of carbonyl (C=O) groups is 1. The lowest BCUT2D eigenvalue weighted by Gasteiger charge is -2.15. The van der Waals surface area contributed by atoms with Crippen LogP contribution in [0, 0.1) is 11.3 Å². The second-order valence-electron chi connectivity index (χ2n) is 7.15. The number of hydrogen-bond acceptors (Lipinski definition) is 5. The van der Waals surface area contributed by atoms with Crippen molar-refractivity contribution in [1.29, 1.82) is 5.26 Å². The molecule has 3 aromatic carbocycles. The lowest BCUT2D eigenvalue weighted by molar-refractivity contribution is -0.112. The fourth-order valence-electron chi connectivity index (χ4n) is 3.05. The topological polar surface area (TPSA) is 80.6 Å². The van der Waals surface area contributed by atoms with Crippen LogP contribution in [0.4, 0.5) is 5.69 Å². The molecule has 3 rings (SSSR count). The molecule has 35 heavy (non-hydrogen) atoms. The summed E-state index contributed by atoms with van der Waals surface area (Å²) in [5.41, 5.74) is 1.71. The Morgan fingerprint density at radius 2 is 1.74 bits per heavy atom. The molecular weight excluding hydrogens is 511 g/mol. The number of amides is 1. The molecule has 0 aliphatic rings. The summed E-state index contributed by atoms with van der Waals surface area (Å²) in [5.74, 6) is 0.794. The number of nitrogens with zero attached hydrogens (tertiary/aromatic N) is 1. The van der Waals surface area contributed by atoms with Gasteiger partial charge in [0.15, 0.2) is 11.5 Å². The first-order valence-corrected chi connectivity index (χ1v) is 11.6. The smallest absolute Gasteiger partial charge is 0.266 e. The summed E-state index contributed by atoms with van der Waals surface area (Å²) in [4.78, 5) is 12.6. The van der Waals surface area contributed by atoms with Gasteiger partial charge in [0.25, 0.3) is 5.91 Å². The molecule has 0 aliphatic heterocycles. The van der Waals surface area contributed by atoms with E-state index in [1.165, 1.54) is 6.08 Å². The number of carbonyl (C=O) groups excluding carboxylic acids is 1. The molecule has 9 heteroatoms. The van der Waals surface area contributed by atoms with Crippen LogP contribution in [0.15, 0.2) is 60.2 Å². The zero-order chi connectivity index (χ0) is 25.4. The Kier molecular flexibility index (Phi) is 9.27. The van der Waals surface area contributed by atoms with Crippen LogP contribution in [-0.4, -0.2) is 19.6 Å². The van der Waals surface area contributed by atoms with E-state index in [2.05, 4.69) is 5.32 Å². The summed E-state index contributed by atoms with van der Waals surface area (Å²) in [6, 6.07) is 17.1. The highest BCUT2D eigenvalue weighted by atomic mass is 35.5. The van der Waals surface area contributed by atoms with Gasteiger partial charge in [-0.15, -0.1) is 0 Å². The Labute approximate surface area is 218 Å². The molecule has 1 N–H and O–H groups in total. The first-order valence-electron chi connectivity index (χ1n) is 10.4. The van der Waals surface area contributed by atoms with Crippen LogP contribution in [-0.2, 0) is 11.4 Å². The van der Waals surface area contributed by atoms with E-state index in [0.29, 0.717) is 45.2 Å². The molecule has 0 aliphatic carbocycles. The quantitative estimate of drug-likeness (QED) is 0.234. The van der Waals surface area contributed by atoms with Gasteiger partial charge < -0.3 is 19.5 Å². The summed E-state index contributed by atoms with van der Waals surface area (Å²) >= 11 is 18.5. The maximum Gasteiger partial charge on any atom is 0.266 e.